The lowest BCUT2D eigenvalue weighted by Crippen LogP contribution is -2.14. The summed E-state index contributed by atoms with van der Waals surface area (Å²) < 4.78 is 50.5. The molecule has 0 aromatic heterocycles. The molecule has 10 heteroatoms. The molecule has 0 heterocycles. The monoisotopic (exact) mass is 555 g/mol. The second-order valence-corrected chi connectivity index (χ2v) is 8.14. The average Bonchev–Trinajstić information content (AvgIpc) is 2.86. The summed E-state index contributed by atoms with van der Waals surface area (Å²) in [5.41, 5.74) is 0.178. The van der Waals surface area contributed by atoms with Crippen LogP contribution in [-0.4, -0.2) is 13.0 Å². The van der Waals surface area contributed by atoms with Crippen molar-refractivity contribution in [3.8, 4) is 23.6 Å². The molecule has 0 fully saturated rings. The van der Waals surface area contributed by atoms with Gasteiger partial charge in [-0.3, -0.25) is 4.79 Å². The molecule has 0 saturated heterocycles. The molecule has 0 spiro atoms. The van der Waals surface area contributed by atoms with E-state index in [1.165, 1.54) is 25.3 Å². The van der Waals surface area contributed by atoms with Crippen molar-refractivity contribution in [2.45, 2.75) is 12.8 Å². The molecule has 0 radical (unpaired) electrons. The molecule has 0 aliphatic heterocycles. The molecule has 1 N–H and O–H groups in total. The van der Waals surface area contributed by atoms with Crippen LogP contribution in [0.5, 0.6) is 11.5 Å². The standard InChI is InChI=1S/C26H17BrF3N3O3/c1-35-23-10-18(22(27)12-24(23)36-15-17-6-3-2-5-16(17)13-31)9-19(14-32)25(34)33-21-8-4-7-20(11-21)26(28,29)30/h2-12H,15H2,1H3,(H,33,34)/b19-9-. The van der Waals surface area contributed by atoms with Crippen molar-refractivity contribution in [2.75, 3.05) is 12.4 Å². The lowest BCUT2D eigenvalue weighted by molar-refractivity contribution is -0.137. The Morgan fingerprint density at radius 3 is 2.50 bits per heavy atom. The van der Waals surface area contributed by atoms with Crippen LogP contribution in [0, 0.1) is 22.7 Å². The van der Waals surface area contributed by atoms with Gasteiger partial charge in [0.25, 0.3) is 5.91 Å². The molecule has 3 aromatic rings. The largest absolute Gasteiger partial charge is 0.493 e. The van der Waals surface area contributed by atoms with E-state index in [4.69, 9.17) is 9.47 Å². The van der Waals surface area contributed by atoms with Crippen molar-refractivity contribution < 1.29 is 27.4 Å². The van der Waals surface area contributed by atoms with Gasteiger partial charge in [0.05, 0.1) is 24.3 Å². The van der Waals surface area contributed by atoms with Crippen molar-refractivity contribution in [3.63, 3.8) is 0 Å². The highest BCUT2D eigenvalue weighted by Gasteiger charge is 2.30. The summed E-state index contributed by atoms with van der Waals surface area (Å²) in [6.45, 7) is 0.102. The normalized spacial score (nSPS) is 11.2. The van der Waals surface area contributed by atoms with Crippen molar-refractivity contribution >= 4 is 33.6 Å². The Bertz CT molecular complexity index is 1410. The molecule has 182 valence electrons. The maximum absolute atomic E-state index is 12.9. The van der Waals surface area contributed by atoms with Crippen LogP contribution in [0.2, 0.25) is 0 Å². The van der Waals surface area contributed by atoms with Crippen molar-refractivity contribution in [1.82, 2.24) is 0 Å². The SMILES string of the molecule is COc1cc(/C=C(/C#N)C(=O)Nc2cccc(C(F)(F)F)c2)c(Br)cc1OCc1ccccc1C#N. The highest BCUT2D eigenvalue weighted by Crippen LogP contribution is 2.35. The van der Waals surface area contributed by atoms with Crippen molar-refractivity contribution in [1.29, 1.82) is 10.5 Å². The number of rotatable bonds is 7. The number of anilines is 1. The van der Waals surface area contributed by atoms with Crippen molar-refractivity contribution in [3.05, 3.63) is 93.0 Å². The summed E-state index contributed by atoms with van der Waals surface area (Å²) in [6, 6.07) is 18.0. The molecular weight excluding hydrogens is 539 g/mol. The van der Waals surface area contributed by atoms with Gasteiger partial charge in [-0.2, -0.15) is 23.7 Å². The molecule has 0 saturated carbocycles. The Labute approximate surface area is 213 Å². The van der Waals surface area contributed by atoms with Crippen LogP contribution in [0.3, 0.4) is 0 Å². The van der Waals surface area contributed by atoms with Gasteiger partial charge >= 0.3 is 6.18 Å². The fraction of sp³-hybridized carbons (Fsp3) is 0.115. The minimum absolute atomic E-state index is 0.102. The summed E-state index contributed by atoms with van der Waals surface area (Å²) in [4.78, 5) is 12.6. The van der Waals surface area contributed by atoms with E-state index in [0.717, 1.165) is 18.2 Å². The lowest BCUT2D eigenvalue weighted by atomic mass is 10.1. The summed E-state index contributed by atoms with van der Waals surface area (Å²) in [6.07, 6.45) is -3.30. The van der Waals surface area contributed by atoms with E-state index in [1.807, 2.05) is 0 Å². The van der Waals surface area contributed by atoms with E-state index in [2.05, 4.69) is 27.3 Å². The number of alkyl halides is 3. The van der Waals surface area contributed by atoms with E-state index >= 15 is 0 Å². The van der Waals surface area contributed by atoms with Gasteiger partial charge in [0, 0.05) is 15.7 Å². The Balaban J connectivity index is 1.84. The number of amides is 1. The first-order valence-corrected chi connectivity index (χ1v) is 11.0. The number of benzene rings is 3. The molecule has 0 aliphatic carbocycles. The molecule has 0 aliphatic rings. The number of hydrogen-bond donors (Lipinski definition) is 1. The van der Waals surface area contributed by atoms with Gasteiger partial charge in [0.15, 0.2) is 11.5 Å². The average molecular weight is 556 g/mol. The number of ether oxygens (including phenoxy) is 2. The number of methoxy groups -OCH3 is 1. The predicted molar refractivity (Wildman–Crippen MR) is 130 cm³/mol. The Kier molecular flexibility index (Phi) is 8.36. The fourth-order valence-corrected chi connectivity index (χ4v) is 3.56. The van der Waals surface area contributed by atoms with E-state index in [-0.39, 0.29) is 17.9 Å². The van der Waals surface area contributed by atoms with Gasteiger partial charge in [0.2, 0.25) is 0 Å². The van der Waals surface area contributed by atoms with Gasteiger partial charge in [-0.25, -0.2) is 0 Å². The second kappa shape index (κ2) is 11.4. The first-order chi connectivity index (χ1) is 17.2. The highest BCUT2D eigenvalue weighted by atomic mass is 79.9. The quantitative estimate of drug-likeness (QED) is 0.266. The minimum atomic E-state index is -4.57. The number of nitrogens with zero attached hydrogens (tertiary/aromatic N) is 2. The van der Waals surface area contributed by atoms with Crippen molar-refractivity contribution in [2.24, 2.45) is 0 Å². The second-order valence-electron chi connectivity index (χ2n) is 7.28. The molecule has 3 aromatic carbocycles. The third kappa shape index (κ3) is 6.44. The molecule has 36 heavy (non-hydrogen) atoms. The number of carbonyl (C=O) groups excluding carboxylic acids is 1. The summed E-state index contributed by atoms with van der Waals surface area (Å²) in [7, 11) is 1.42. The predicted octanol–water partition coefficient (Wildman–Crippen LogP) is 6.47. The van der Waals surface area contributed by atoms with Crippen LogP contribution in [-0.2, 0) is 17.6 Å². The van der Waals surface area contributed by atoms with Gasteiger partial charge in [-0.15, -0.1) is 0 Å². The zero-order valence-electron chi connectivity index (χ0n) is 18.7. The van der Waals surface area contributed by atoms with Crippen LogP contribution in [0.1, 0.15) is 22.3 Å². The molecule has 0 bridgehead atoms. The summed E-state index contributed by atoms with van der Waals surface area (Å²) in [5.74, 6) is -0.230. The third-order valence-corrected chi connectivity index (χ3v) is 5.60. The number of carbonyl (C=O) groups is 1. The van der Waals surface area contributed by atoms with Crippen LogP contribution in [0.25, 0.3) is 6.08 Å². The molecule has 3 rings (SSSR count). The van der Waals surface area contributed by atoms with Crippen LogP contribution >= 0.6 is 15.9 Å². The number of halogens is 4. The van der Waals surface area contributed by atoms with Crippen LogP contribution in [0.15, 0.2) is 70.7 Å². The first-order valence-electron chi connectivity index (χ1n) is 10.2. The highest BCUT2D eigenvalue weighted by molar-refractivity contribution is 9.10. The molecular formula is C26H17BrF3N3O3. The molecule has 0 unspecified atom stereocenters. The Morgan fingerprint density at radius 1 is 1.08 bits per heavy atom. The number of nitriles is 2. The molecule has 6 nitrogen and oxygen atoms in total. The van der Waals surface area contributed by atoms with E-state index in [1.54, 1.807) is 36.4 Å². The lowest BCUT2D eigenvalue weighted by Gasteiger charge is -2.14. The van der Waals surface area contributed by atoms with Gasteiger partial charge in [-0.05, 0) is 48.0 Å². The molecule has 0 atom stereocenters. The van der Waals surface area contributed by atoms with Gasteiger partial charge in [0.1, 0.15) is 18.2 Å². The third-order valence-electron chi connectivity index (χ3n) is 4.92. The maximum Gasteiger partial charge on any atom is 0.416 e. The van der Waals surface area contributed by atoms with E-state index < -0.39 is 17.6 Å². The number of nitrogens with one attached hydrogen (secondary N) is 1. The van der Waals surface area contributed by atoms with Gasteiger partial charge < -0.3 is 14.8 Å². The topological polar surface area (TPSA) is 95.1 Å². The smallest absolute Gasteiger partial charge is 0.416 e. The first kappa shape index (κ1) is 26.3. The van der Waals surface area contributed by atoms with E-state index in [9.17, 15) is 28.5 Å². The Hall–Kier alpha value is -4.28. The maximum atomic E-state index is 12.9. The summed E-state index contributed by atoms with van der Waals surface area (Å²) in [5, 5.41) is 21.0. The summed E-state index contributed by atoms with van der Waals surface area (Å²) >= 11 is 3.37. The van der Waals surface area contributed by atoms with E-state index in [0.29, 0.717) is 32.7 Å². The van der Waals surface area contributed by atoms with Crippen LogP contribution < -0.4 is 14.8 Å². The van der Waals surface area contributed by atoms with Crippen LogP contribution in [0.4, 0.5) is 18.9 Å². The zero-order valence-corrected chi connectivity index (χ0v) is 20.3. The zero-order chi connectivity index (χ0) is 26.3. The Morgan fingerprint density at radius 2 is 1.83 bits per heavy atom. The fourth-order valence-electron chi connectivity index (χ4n) is 3.12. The van der Waals surface area contributed by atoms with Gasteiger partial charge in [-0.1, -0.05) is 40.2 Å². The molecule has 1 amide bonds. The minimum Gasteiger partial charge on any atom is -0.493 e. The number of hydrogen-bond acceptors (Lipinski definition) is 5.